The molecular formula is C14H14BrNO. The van der Waals surface area contributed by atoms with Gasteiger partial charge in [0.2, 0.25) is 5.88 Å². The molecular weight excluding hydrogens is 278 g/mol. The average Bonchev–Trinajstić information content (AvgIpc) is 2.35. The second-order valence-corrected chi connectivity index (χ2v) is 4.81. The molecule has 1 heterocycles. The van der Waals surface area contributed by atoms with Crippen molar-refractivity contribution in [1.29, 1.82) is 0 Å². The van der Waals surface area contributed by atoms with Gasteiger partial charge in [-0.15, -0.1) is 0 Å². The van der Waals surface area contributed by atoms with Gasteiger partial charge in [-0.1, -0.05) is 28.1 Å². The maximum absolute atomic E-state index is 5.05. The van der Waals surface area contributed by atoms with Crippen LogP contribution in [-0.4, -0.2) is 12.1 Å². The Morgan fingerprint density at radius 1 is 1.06 bits per heavy atom. The van der Waals surface area contributed by atoms with Gasteiger partial charge in [0.1, 0.15) is 0 Å². The molecule has 2 aromatic rings. The van der Waals surface area contributed by atoms with E-state index in [-0.39, 0.29) is 0 Å². The van der Waals surface area contributed by atoms with Crippen LogP contribution in [0.15, 0.2) is 34.9 Å². The van der Waals surface area contributed by atoms with E-state index in [1.807, 2.05) is 18.3 Å². The molecule has 2 nitrogen and oxygen atoms in total. The summed E-state index contributed by atoms with van der Waals surface area (Å²) in [6.45, 7) is 4.19. The lowest BCUT2D eigenvalue weighted by molar-refractivity contribution is 0.398. The van der Waals surface area contributed by atoms with Crippen LogP contribution in [0.2, 0.25) is 0 Å². The largest absolute Gasteiger partial charge is 0.481 e. The van der Waals surface area contributed by atoms with Crippen LogP contribution in [0.25, 0.3) is 11.1 Å². The van der Waals surface area contributed by atoms with Gasteiger partial charge in [0.05, 0.1) is 7.11 Å². The number of hydrogen-bond acceptors (Lipinski definition) is 2. The Morgan fingerprint density at radius 2 is 1.71 bits per heavy atom. The zero-order valence-corrected chi connectivity index (χ0v) is 11.7. The fourth-order valence-electron chi connectivity index (χ4n) is 1.78. The first-order valence-corrected chi connectivity index (χ1v) is 6.18. The number of methoxy groups -OCH3 is 1. The second kappa shape index (κ2) is 4.88. The molecule has 0 aliphatic heterocycles. The lowest BCUT2D eigenvalue weighted by Crippen LogP contribution is -1.89. The Labute approximate surface area is 110 Å². The average molecular weight is 292 g/mol. The van der Waals surface area contributed by atoms with Gasteiger partial charge in [-0.3, -0.25) is 0 Å². The van der Waals surface area contributed by atoms with Gasteiger partial charge in [0.25, 0.3) is 0 Å². The number of pyridine rings is 1. The van der Waals surface area contributed by atoms with E-state index in [4.69, 9.17) is 4.74 Å². The van der Waals surface area contributed by atoms with Gasteiger partial charge in [-0.05, 0) is 36.6 Å². The smallest absolute Gasteiger partial charge is 0.212 e. The summed E-state index contributed by atoms with van der Waals surface area (Å²) in [5.74, 6) is 0.638. The monoisotopic (exact) mass is 291 g/mol. The Balaban J connectivity index is 2.45. The summed E-state index contributed by atoms with van der Waals surface area (Å²) in [5, 5.41) is 0. The van der Waals surface area contributed by atoms with Crippen molar-refractivity contribution < 1.29 is 4.74 Å². The molecule has 0 radical (unpaired) electrons. The van der Waals surface area contributed by atoms with Crippen LogP contribution in [0.1, 0.15) is 11.1 Å². The SMILES string of the molecule is COc1ccc(-c2cc(C)c(Br)c(C)c2)cn1. The number of ether oxygens (including phenoxy) is 1. The van der Waals surface area contributed by atoms with Crippen molar-refractivity contribution in [3.63, 3.8) is 0 Å². The first-order chi connectivity index (χ1) is 8.11. The third-order valence-corrected chi connectivity index (χ3v) is 3.97. The third-order valence-electron chi connectivity index (χ3n) is 2.72. The van der Waals surface area contributed by atoms with Gasteiger partial charge in [-0.2, -0.15) is 0 Å². The van der Waals surface area contributed by atoms with E-state index in [0.717, 1.165) is 5.56 Å². The molecule has 0 spiro atoms. The van der Waals surface area contributed by atoms with Gasteiger partial charge < -0.3 is 4.74 Å². The van der Waals surface area contributed by atoms with E-state index >= 15 is 0 Å². The van der Waals surface area contributed by atoms with E-state index in [0.29, 0.717) is 5.88 Å². The zero-order valence-electron chi connectivity index (χ0n) is 10.1. The molecule has 1 aromatic carbocycles. The van der Waals surface area contributed by atoms with E-state index < -0.39 is 0 Å². The van der Waals surface area contributed by atoms with Crippen LogP contribution in [0, 0.1) is 13.8 Å². The maximum Gasteiger partial charge on any atom is 0.212 e. The van der Waals surface area contributed by atoms with E-state index in [1.165, 1.54) is 21.2 Å². The van der Waals surface area contributed by atoms with Gasteiger partial charge >= 0.3 is 0 Å². The van der Waals surface area contributed by atoms with Crippen molar-refractivity contribution in [3.8, 4) is 17.0 Å². The standard InChI is InChI=1S/C14H14BrNO/c1-9-6-12(7-10(2)14(9)15)11-4-5-13(17-3)16-8-11/h4-8H,1-3H3. The first-order valence-electron chi connectivity index (χ1n) is 5.39. The summed E-state index contributed by atoms with van der Waals surface area (Å²) < 4.78 is 6.22. The Bertz CT molecular complexity index is 511. The number of hydrogen-bond donors (Lipinski definition) is 0. The fraction of sp³-hybridized carbons (Fsp3) is 0.214. The van der Waals surface area contributed by atoms with Crippen LogP contribution in [0.4, 0.5) is 0 Å². The lowest BCUT2D eigenvalue weighted by atomic mass is 10.0. The number of rotatable bonds is 2. The second-order valence-electron chi connectivity index (χ2n) is 4.01. The summed E-state index contributed by atoms with van der Waals surface area (Å²) in [5.41, 5.74) is 4.74. The zero-order chi connectivity index (χ0) is 12.4. The minimum absolute atomic E-state index is 0.638. The summed E-state index contributed by atoms with van der Waals surface area (Å²) in [4.78, 5) is 4.22. The van der Waals surface area contributed by atoms with Crippen LogP contribution in [0.5, 0.6) is 5.88 Å². The van der Waals surface area contributed by atoms with Crippen molar-refractivity contribution in [2.24, 2.45) is 0 Å². The van der Waals surface area contributed by atoms with E-state index in [2.05, 4.69) is 46.9 Å². The molecule has 0 aliphatic carbocycles. The van der Waals surface area contributed by atoms with Crippen molar-refractivity contribution in [3.05, 3.63) is 46.1 Å². The molecule has 0 saturated heterocycles. The summed E-state index contributed by atoms with van der Waals surface area (Å²) in [6, 6.07) is 8.21. The molecule has 0 fully saturated rings. The predicted octanol–water partition coefficient (Wildman–Crippen LogP) is 4.14. The van der Waals surface area contributed by atoms with Crippen molar-refractivity contribution in [2.45, 2.75) is 13.8 Å². The topological polar surface area (TPSA) is 22.1 Å². The number of benzene rings is 1. The molecule has 0 saturated carbocycles. The number of halogens is 1. The summed E-state index contributed by atoms with van der Waals surface area (Å²) in [7, 11) is 1.62. The highest BCUT2D eigenvalue weighted by atomic mass is 79.9. The number of aromatic nitrogens is 1. The van der Waals surface area contributed by atoms with Crippen molar-refractivity contribution in [1.82, 2.24) is 4.98 Å². The molecule has 2 rings (SSSR count). The lowest BCUT2D eigenvalue weighted by Gasteiger charge is -2.08. The molecule has 0 unspecified atom stereocenters. The maximum atomic E-state index is 5.05. The van der Waals surface area contributed by atoms with Crippen molar-refractivity contribution >= 4 is 15.9 Å². The molecule has 0 atom stereocenters. The third kappa shape index (κ3) is 2.50. The summed E-state index contributed by atoms with van der Waals surface area (Å²) in [6.07, 6.45) is 1.83. The highest BCUT2D eigenvalue weighted by Gasteiger charge is 2.05. The Morgan fingerprint density at radius 3 is 2.18 bits per heavy atom. The van der Waals surface area contributed by atoms with Gasteiger partial charge in [0, 0.05) is 22.3 Å². The minimum Gasteiger partial charge on any atom is -0.481 e. The summed E-state index contributed by atoms with van der Waals surface area (Å²) >= 11 is 3.57. The van der Waals surface area contributed by atoms with E-state index in [1.54, 1.807) is 7.11 Å². The van der Waals surface area contributed by atoms with Crippen LogP contribution >= 0.6 is 15.9 Å². The molecule has 3 heteroatoms. The Kier molecular flexibility index (Phi) is 3.48. The first kappa shape index (κ1) is 12.1. The molecule has 0 bridgehead atoms. The molecule has 17 heavy (non-hydrogen) atoms. The highest BCUT2D eigenvalue weighted by Crippen LogP contribution is 2.28. The minimum atomic E-state index is 0.638. The normalized spacial score (nSPS) is 10.4. The molecule has 88 valence electrons. The predicted molar refractivity (Wildman–Crippen MR) is 73.4 cm³/mol. The molecule has 1 aromatic heterocycles. The molecule has 0 N–H and O–H groups in total. The highest BCUT2D eigenvalue weighted by molar-refractivity contribution is 9.10. The van der Waals surface area contributed by atoms with Gasteiger partial charge in [0.15, 0.2) is 0 Å². The van der Waals surface area contributed by atoms with Crippen LogP contribution < -0.4 is 4.74 Å². The van der Waals surface area contributed by atoms with Crippen molar-refractivity contribution in [2.75, 3.05) is 7.11 Å². The molecule has 0 amide bonds. The Hall–Kier alpha value is -1.35. The number of aryl methyl sites for hydroxylation is 2. The van der Waals surface area contributed by atoms with Gasteiger partial charge in [-0.25, -0.2) is 4.98 Å². The fourth-order valence-corrected chi connectivity index (χ4v) is 2.01. The van der Waals surface area contributed by atoms with E-state index in [9.17, 15) is 0 Å². The quantitative estimate of drug-likeness (QED) is 0.830. The molecule has 0 aliphatic rings. The number of nitrogens with zero attached hydrogens (tertiary/aromatic N) is 1. The van der Waals surface area contributed by atoms with Crippen LogP contribution in [-0.2, 0) is 0 Å². The van der Waals surface area contributed by atoms with Crippen LogP contribution in [0.3, 0.4) is 0 Å².